The minimum atomic E-state index is -0.535. The lowest BCUT2D eigenvalue weighted by atomic mass is 9.89. The number of nitrogens with one attached hydrogen (secondary N) is 1. The Bertz CT molecular complexity index is 221. The summed E-state index contributed by atoms with van der Waals surface area (Å²) in [5.41, 5.74) is -0.824. The second-order valence-corrected chi connectivity index (χ2v) is 5.27. The van der Waals surface area contributed by atoms with Crippen LogP contribution < -0.4 is 5.32 Å². The minimum absolute atomic E-state index is 0.0972. The van der Waals surface area contributed by atoms with Crippen molar-refractivity contribution in [3.05, 3.63) is 0 Å². The monoisotopic (exact) mass is 199 g/mol. The Morgan fingerprint density at radius 2 is 1.86 bits per heavy atom. The van der Waals surface area contributed by atoms with Gasteiger partial charge in [-0.15, -0.1) is 0 Å². The lowest BCUT2D eigenvalue weighted by Crippen LogP contribution is -2.53. The van der Waals surface area contributed by atoms with Gasteiger partial charge < -0.3 is 9.84 Å². The van der Waals surface area contributed by atoms with E-state index in [0.717, 1.165) is 25.7 Å². The van der Waals surface area contributed by atoms with Crippen LogP contribution in [0.4, 0.5) is 0 Å². The summed E-state index contributed by atoms with van der Waals surface area (Å²) in [6.07, 6.45) is 4.21. The Balaban J connectivity index is 2.11. The summed E-state index contributed by atoms with van der Waals surface area (Å²) >= 11 is 0. The van der Waals surface area contributed by atoms with E-state index in [-0.39, 0.29) is 17.9 Å². The fraction of sp³-hybridized carbons (Fsp3) is 1.00. The smallest absolute Gasteiger partial charge is 0.114 e. The van der Waals surface area contributed by atoms with Crippen molar-refractivity contribution in [3.63, 3.8) is 0 Å². The first kappa shape index (κ1) is 10.4. The van der Waals surface area contributed by atoms with E-state index in [2.05, 4.69) is 5.32 Å². The first-order chi connectivity index (χ1) is 6.43. The molecule has 2 N–H and O–H groups in total. The molecule has 0 spiro atoms. The fourth-order valence-electron chi connectivity index (χ4n) is 2.93. The Labute approximate surface area is 85.8 Å². The van der Waals surface area contributed by atoms with Gasteiger partial charge in [0, 0.05) is 0 Å². The van der Waals surface area contributed by atoms with Crippen LogP contribution in [0, 0.1) is 0 Å². The van der Waals surface area contributed by atoms with Gasteiger partial charge in [-0.1, -0.05) is 12.8 Å². The molecule has 3 heteroatoms. The van der Waals surface area contributed by atoms with E-state index in [0.29, 0.717) is 0 Å². The summed E-state index contributed by atoms with van der Waals surface area (Å²) in [6.45, 7) is 6.08. The highest BCUT2D eigenvalue weighted by atomic mass is 16.5. The van der Waals surface area contributed by atoms with Crippen molar-refractivity contribution >= 4 is 0 Å². The molecule has 2 atom stereocenters. The summed E-state index contributed by atoms with van der Waals surface area (Å²) in [7, 11) is 0. The number of hydrogen-bond acceptors (Lipinski definition) is 3. The van der Waals surface area contributed by atoms with Crippen molar-refractivity contribution in [2.24, 2.45) is 0 Å². The number of hydrogen-bond donors (Lipinski definition) is 2. The highest BCUT2D eigenvalue weighted by molar-refractivity contribution is 5.03. The van der Waals surface area contributed by atoms with Crippen LogP contribution in [0.5, 0.6) is 0 Å². The Morgan fingerprint density at radius 3 is 2.29 bits per heavy atom. The molecule has 3 nitrogen and oxygen atoms in total. The lowest BCUT2D eigenvalue weighted by molar-refractivity contribution is -0.0337. The van der Waals surface area contributed by atoms with Crippen LogP contribution in [-0.4, -0.2) is 28.6 Å². The van der Waals surface area contributed by atoms with Gasteiger partial charge in [-0.3, -0.25) is 5.32 Å². The highest BCUT2D eigenvalue weighted by Gasteiger charge is 2.49. The molecule has 0 bridgehead atoms. The number of rotatable bonds is 1. The number of ether oxygens (including phenoxy) is 1. The maximum atomic E-state index is 10.5. The van der Waals surface area contributed by atoms with Crippen molar-refractivity contribution in [2.75, 3.05) is 0 Å². The van der Waals surface area contributed by atoms with Gasteiger partial charge in [0.15, 0.2) is 0 Å². The molecule has 82 valence electrons. The second kappa shape index (κ2) is 3.19. The predicted octanol–water partition coefficient (Wildman–Crippen LogP) is 1.40. The van der Waals surface area contributed by atoms with Crippen molar-refractivity contribution in [2.45, 2.75) is 69.9 Å². The van der Waals surface area contributed by atoms with Gasteiger partial charge >= 0.3 is 0 Å². The molecule has 2 fully saturated rings. The molecule has 2 aliphatic rings. The van der Waals surface area contributed by atoms with Crippen LogP contribution >= 0.6 is 0 Å². The van der Waals surface area contributed by atoms with E-state index in [9.17, 15) is 5.11 Å². The van der Waals surface area contributed by atoms with Gasteiger partial charge in [0.1, 0.15) is 5.72 Å². The third-order valence-electron chi connectivity index (χ3n) is 3.50. The van der Waals surface area contributed by atoms with Gasteiger partial charge in [-0.25, -0.2) is 0 Å². The van der Waals surface area contributed by atoms with Crippen LogP contribution in [0.25, 0.3) is 0 Å². The summed E-state index contributed by atoms with van der Waals surface area (Å²) in [5.74, 6) is 0. The highest BCUT2D eigenvalue weighted by Crippen LogP contribution is 2.38. The van der Waals surface area contributed by atoms with Crippen molar-refractivity contribution in [1.29, 1.82) is 0 Å². The van der Waals surface area contributed by atoms with Crippen LogP contribution in [0.2, 0.25) is 0 Å². The zero-order valence-corrected chi connectivity index (χ0v) is 9.34. The van der Waals surface area contributed by atoms with Gasteiger partial charge in [0.2, 0.25) is 0 Å². The van der Waals surface area contributed by atoms with E-state index in [1.165, 1.54) is 0 Å². The molecule has 1 saturated heterocycles. The van der Waals surface area contributed by atoms with E-state index >= 15 is 0 Å². The SMILES string of the molecule is CC1OC(C)(C)NC1C1(O)CCCC1. The van der Waals surface area contributed by atoms with Crippen molar-refractivity contribution in [3.8, 4) is 0 Å². The molecule has 2 rings (SSSR count). The minimum Gasteiger partial charge on any atom is -0.388 e. The zero-order chi connectivity index (χ0) is 10.4. The zero-order valence-electron chi connectivity index (χ0n) is 9.34. The summed E-state index contributed by atoms with van der Waals surface area (Å²) in [6, 6.07) is 0.0972. The molecule has 0 radical (unpaired) electrons. The molecule has 0 aromatic heterocycles. The first-order valence-corrected chi connectivity index (χ1v) is 5.61. The summed E-state index contributed by atoms with van der Waals surface area (Å²) in [4.78, 5) is 0. The molecule has 0 aromatic rings. The molecular weight excluding hydrogens is 178 g/mol. The molecule has 0 aromatic carbocycles. The van der Waals surface area contributed by atoms with Crippen molar-refractivity contribution in [1.82, 2.24) is 5.32 Å². The summed E-state index contributed by atoms with van der Waals surface area (Å²) in [5, 5.41) is 13.8. The topological polar surface area (TPSA) is 41.5 Å². The Morgan fingerprint density at radius 1 is 1.29 bits per heavy atom. The molecule has 0 amide bonds. The quantitative estimate of drug-likeness (QED) is 0.671. The van der Waals surface area contributed by atoms with Gasteiger partial charge in [0.05, 0.1) is 17.7 Å². The van der Waals surface area contributed by atoms with Crippen LogP contribution in [-0.2, 0) is 4.74 Å². The van der Waals surface area contributed by atoms with Crippen LogP contribution in [0.3, 0.4) is 0 Å². The normalized spacial score (nSPS) is 40.3. The van der Waals surface area contributed by atoms with E-state index in [1.807, 2.05) is 20.8 Å². The lowest BCUT2D eigenvalue weighted by Gasteiger charge is -2.31. The van der Waals surface area contributed by atoms with Gasteiger partial charge in [-0.2, -0.15) is 0 Å². The van der Waals surface area contributed by atoms with Crippen LogP contribution in [0.15, 0.2) is 0 Å². The summed E-state index contributed by atoms with van der Waals surface area (Å²) < 4.78 is 5.77. The average molecular weight is 199 g/mol. The first-order valence-electron chi connectivity index (χ1n) is 5.61. The van der Waals surface area contributed by atoms with E-state index in [1.54, 1.807) is 0 Å². The fourth-order valence-corrected chi connectivity index (χ4v) is 2.93. The van der Waals surface area contributed by atoms with Gasteiger partial charge in [0.25, 0.3) is 0 Å². The second-order valence-electron chi connectivity index (χ2n) is 5.27. The predicted molar refractivity (Wildman–Crippen MR) is 55.0 cm³/mol. The Hall–Kier alpha value is -0.120. The molecule has 2 unspecified atom stereocenters. The third kappa shape index (κ3) is 1.69. The van der Waals surface area contributed by atoms with E-state index < -0.39 is 5.60 Å². The largest absolute Gasteiger partial charge is 0.388 e. The Kier molecular flexibility index (Phi) is 2.37. The van der Waals surface area contributed by atoms with Crippen LogP contribution in [0.1, 0.15) is 46.5 Å². The molecular formula is C11H21NO2. The van der Waals surface area contributed by atoms with E-state index in [4.69, 9.17) is 4.74 Å². The maximum Gasteiger partial charge on any atom is 0.114 e. The standard InChI is InChI=1S/C11H21NO2/c1-8-9(12-10(2,3)14-8)11(13)6-4-5-7-11/h8-9,12-13H,4-7H2,1-3H3. The number of aliphatic hydroxyl groups is 1. The average Bonchev–Trinajstić information content (AvgIpc) is 2.57. The molecule has 1 heterocycles. The molecule has 1 aliphatic carbocycles. The third-order valence-corrected chi connectivity index (χ3v) is 3.50. The molecule has 14 heavy (non-hydrogen) atoms. The molecule has 1 saturated carbocycles. The van der Waals surface area contributed by atoms with Crippen molar-refractivity contribution < 1.29 is 9.84 Å². The maximum absolute atomic E-state index is 10.5. The van der Waals surface area contributed by atoms with Gasteiger partial charge in [-0.05, 0) is 33.6 Å². The molecule has 1 aliphatic heterocycles.